The highest BCUT2D eigenvalue weighted by molar-refractivity contribution is 6.30. The monoisotopic (exact) mass is 495 g/mol. The zero-order valence-electron chi connectivity index (χ0n) is 19.6. The third kappa shape index (κ3) is 5.35. The maximum absolute atomic E-state index is 12.1. The van der Waals surface area contributed by atoms with E-state index >= 15 is 0 Å². The molecule has 0 bridgehead atoms. The van der Waals surface area contributed by atoms with Crippen LogP contribution in [0.5, 0.6) is 0 Å². The quantitative estimate of drug-likeness (QED) is 0.289. The molecule has 3 aromatic rings. The largest absolute Gasteiger partial charge is 0.378 e. The lowest BCUT2D eigenvalue weighted by Crippen LogP contribution is -2.38. The van der Waals surface area contributed by atoms with Gasteiger partial charge in [-0.05, 0) is 43.4 Å². The smallest absolute Gasteiger partial charge is 0.253 e. The van der Waals surface area contributed by atoms with Crippen LogP contribution >= 0.6 is 11.6 Å². The Kier molecular flexibility index (Phi) is 7.03. The van der Waals surface area contributed by atoms with Gasteiger partial charge in [0.15, 0.2) is 0 Å². The number of anilines is 5. The zero-order chi connectivity index (χ0) is 24.2. The predicted molar refractivity (Wildman–Crippen MR) is 142 cm³/mol. The topological polar surface area (TPSA) is 102 Å². The molecule has 2 saturated heterocycles. The van der Waals surface area contributed by atoms with Gasteiger partial charge in [0, 0.05) is 56.9 Å². The summed E-state index contributed by atoms with van der Waals surface area (Å²) in [6, 6.07) is 9.35. The summed E-state index contributed by atoms with van der Waals surface area (Å²) in [5.74, 6) is 2.52. The van der Waals surface area contributed by atoms with Crippen LogP contribution in [-0.4, -0.2) is 49.2 Å². The molecule has 1 aromatic heterocycles. The van der Waals surface area contributed by atoms with Crippen molar-refractivity contribution in [3.63, 3.8) is 0 Å². The fraction of sp³-hybridized carbons (Fsp3) is 0.440. The molecule has 0 saturated carbocycles. The van der Waals surface area contributed by atoms with Crippen molar-refractivity contribution in [1.82, 2.24) is 9.97 Å². The number of aromatic nitrogens is 2. The Morgan fingerprint density at radius 2 is 1.37 bits per heavy atom. The molecule has 9 nitrogen and oxygen atoms in total. The van der Waals surface area contributed by atoms with E-state index in [1.165, 1.54) is 25.7 Å². The fourth-order valence-electron chi connectivity index (χ4n) is 4.58. The second-order valence-electron chi connectivity index (χ2n) is 9.04. The Hall–Kier alpha value is -3.33. The Bertz CT molecular complexity index is 1190. The van der Waals surface area contributed by atoms with Crippen LogP contribution < -0.4 is 36.6 Å². The van der Waals surface area contributed by atoms with Crippen molar-refractivity contribution in [2.45, 2.75) is 32.2 Å². The number of hydrogen-bond donors (Lipinski definition) is 3. The Labute approximate surface area is 209 Å². The molecule has 10 heteroatoms. The second kappa shape index (κ2) is 10.5. The third-order valence-electron chi connectivity index (χ3n) is 6.55. The molecular weight excluding hydrogens is 466 g/mol. The van der Waals surface area contributed by atoms with Crippen molar-refractivity contribution in [2.24, 2.45) is 0 Å². The lowest BCUT2D eigenvalue weighted by Gasteiger charge is -2.22. The van der Waals surface area contributed by atoms with Crippen LogP contribution in [0.2, 0.25) is 5.02 Å². The van der Waals surface area contributed by atoms with E-state index in [4.69, 9.17) is 21.6 Å². The van der Waals surface area contributed by atoms with E-state index in [2.05, 4.69) is 25.8 Å². The Morgan fingerprint density at radius 3 is 2.06 bits per heavy atom. The first-order valence-electron chi connectivity index (χ1n) is 12.3. The van der Waals surface area contributed by atoms with Crippen molar-refractivity contribution < 1.29 is 0 Å². The molecule has 0 spiro atoms. The molecule has 35 heavy (non-hydrogen) atoms. The van der Waals surface area contributed by atoms with Crippen LogP contribution in [0.3, 0.4) is 0 Å². The number of rotatable bonds is 10. The number of nitrogens with one attached hydrogen (secondary N) is 3. The first-order valence-corrected chi connectivity index (χ1v) is 12.6. The molecular formula is C25H30ClN7O2. The zero-order valence-corrected chi connectivity index (χ0v) is 20.4. The van der Waals surface area contributed by atoms with Crippen molar-refractivity contribution in [3.05, 3.63) is 61.4 Å². The molecule has 3 N–H and O–H groups in total. The first-order chi connectivity index (χ1) is 17.1. The van der Waals surface area contributed by atoms with E-state index in [1.807, 2.05) is 18.2 Å². The van der Waals surface area contributed by atoms with E-state index < -0.39 is 10.9 Å². The van der Waals surface area contributed by atoms with Gasteiger partial charge in [-0.1, -0.05) is 23.7 Å². The lowest BCUT2D eigenvalue weighted by molar-refractivity contribution is 0.869. The summed E-state index contributed by atoms with van der Waals surface area (Å²) < 4.78 is 0. The lowest BCUT2D eigenvalue weighted by atomic mass is 10.1. The van der Waals surface area contributed by atoms with Gasteiger partial charge in [-0.2, -0.15) is 9.97 Å². The minimum atomic E-state index is -0.490. The molecule has 0 amide bonds. The van der Waals surface area contributed by atoms with E-state index in [0.717, 1.165) is 49.3 Å². The van der Waals surface area contributed by atoms with Gasteiger partial charge in [0.2, 0.25) is 5.95 Å². The standard InChI is InChI=1S/C25H30ClN7O2/c26-18-7-5-17(6-8-18)16-29-22-21(23(34)24(22)35)28-10-9-27-19-15-20(32-11-1-2-12-32)31-25(30-19)33-13-3-4-14-33/h5-8,15,28-29H,1-4,9-14,16H2,(H,27,30,31). The predicted octanol–water partition coefficient (Wildman–Crippen LogP) is 3.06. The summed E-state index contributed by atoms with van der Waals surface area (Å²) in [6.07, 6.45) is 4.71. The molecule has 184 valence electrons. The average molecular weight is 496 g/mol. The summed E-state index contributed by atoms with van der Waals surface area (Å²) in [6.45, 7) is 5.48. The number of halogens is 1. The highest BCUT2D eigenvalue weighted by Gasteiger charge is 2.22. The highest BCUT2D eigenvalue weighted by atomic mass is 35.5. The van der Waals surface area contributed by atoms with Gasteiger partial charge < -0.3 is 25.8 Å². The molecule has 2 fully saturated rings. The maximum atomic E-state index is 12.1. The molecule has 0 radical (unpaired) electrons. The van der Waals surface area contributed by atoms with Gasteiger partial charge >= 0.3 is 0 Å². The molecule has 2 aliphatic rings. The number of hydrogen-bond acceptors (Lipinski definition) is 9. The first kappa shape index (κ1) is 23.4. The van der Waals surface area contributed by atoms with Crippen LogP contribution in [0.1, 0.15) is 31.2 Å². The SMILES string of the molecule is O=c1c(NCCNc2cc(N3CCCC3)nc(N3CCCC3)n2)c(NCc2ccc(Cl)cc2)c1=O. The van der Waals surface area contributed by atoms with E-state index in [-0.39, 0.29) is 0 Å². The van der Waals surface area contributed by atoms with Crippen LogP contribution in [0.4, 0.5) is 29.0 Å². The van der Waals surface area contributed by atoms with Gasteiger partial charge in [0.25, 0.3) is 10.9 Å². The fourth-order valence-corrected chi connectivity index (χ4v) is 4.71. The molecule has 5 rings (SSSR count). The van der Waals surface area contributed by atoms with Crippen LogP contribution in [0, 0.1) is 0 Å². The van der Waals surface area contributed by atoms with Gasteiger partial charge in [-0.15, -0.1) is 0 Å². The Morgan fingerprint density at radius 1 is 0.771 bits per heavy atom. The summed E-state index contributed by atoms with van der Waals surface area (Å²) in [7, 11) is 0. The van der Waals surface area contributed by atoms with Crippen LogP contribution in [-0.2, 0) is 6.54 Å². The number of nitrogens with zero attached hydrogens (tertiary/aromatic N) is 4. The van der Waals surface area contributed by atoms with E-state index in [0.29, 0.717) is 36.0 Å². The minimum Gasteiger partial charge on any atom is -0.378 e. The van der Waals surface area contributed by atoms with Crippen molar-refractivity contribution in [2.75, 3.05) is 65.0 Å². The molecule has 0 unspecified atom stereocenters. The van der Waals surface area contributed by atoms with Gasteiger partial charge in [0.05, 0.1) is 0 Å². The summed E-state index contributed by atoms with van der Waals surface area (Å²) in [5.41, 5.74) is 0.666. The minimum absolute atomic E-state index is 0.333. The number of benzene rings is 1. The summed E-state index contributed by atoms with van der Waals surface area (Å²) in [4.78, 5) is 38.3. The van der Waals surface area contributed by atoms with Gasteiger partial charge in [-0.25, -0.2) is 0 Å². The summed E-state index contributed by atoms with van der Waals surface area (Å²) in [5, 5.41) is 10.2. The highest BCUT2D eigenvalue weighted by Crippen LogP contribution is 2.25. The third-order valence-corrected chi connectivity index (χ3v) is 6.80. The molecule has 3 heterocycles. The molecule has 0 atom stereocenters. The molecule has 2 aliphatic heterocycles. The van der Waals surface area contributed by atoms with Gasteiger partial charge in [0.1, 0.15) is 23.0 Å². The van der Waals surface area contributed by atoms with E-state index in [1.54, 1.807) is 12.1 Å². The normalized spacial score (nSPS) is 15.7. The van der Waals surface area contributed by atoms with Crippen LogP contribution in [0.25, 0.3) is 0 Å². The van der Waals surface area contributed by atoms with Crippen molar-refractivity contribution in [3.8, 4) is 0 Å². The van der Waals surface area contributed by atoms with Gasteiger partial charge in [-0.3, -0.25) is 9.59 Å². The maximum Gasteiger partial charge on any atom is 0.253 e. The molecule has 2 aromatic carbocycles. The summed E-state index contributed by atoms with van der Waals surface area (Å²) >= 11 is 5.92. The van der Waals surface area contributed by atoms with Crippen molar-refractivity contribution in [1.29, 1.82) is 0 Å². The molecule has 0 aliphatic carbocycles. The average Bonchev–Trinajstić information content (AvgIpc) is 3.61. The van der Waals surface area contributed by atoms with Crippen molar-refractivity contribution >= 4 is 40.6 Å². The van der Waals surface area contributed by atoms with Crippen LogP contribution in [0.15, 0.2) is 39.9 Å². The second-order valence-corrected chi connectivity index (χ2v) is 9.48. The van der Waals surface area contributed by atoms with E-state index in [9.17, 15) is 9.59 Å². The Balaban J connectivity index is 1.19.